The number of hydrogen-bond donors (Lipinski definition) is 0. The summed E-state index contributed by atoms with van der Waals surface area (Å²) >= 11 is 0. The summed E-state index contributed by atoms with van der Waals surface area (Å²) in [5.41, 5.74) is 0. The summed E-state index contributed by atoms with van der Waals surface area (Å²) < 4.78 is 33.8. The number of likely N-dealkylation sites (N-methyl/N-ethyl adjacent to an activating group) is 1. The Morgan fingerprint density at radius 1 is 0.600 bits per heavy atom. The van der Waals surface area contributed by atoms with Gasteiger partial charge in [-0.1, -0.05) is 142 Å². The Morgan fingerprint density at radius 3 is 1.48 bits per heavy atom. The zero-order valence-corrected chi connectivity index (χ0v) is 34.0. The molecule has 1 unspecified atom stereocenters. The third-order valence-corrected chi connectivity index (χ3v) is 9.75. The predicted octanol–water partition coefficient (Wildman–Crippen LogP) is 10.4. The van der Waals surface area contributed by atoms with E-state index in [0.717, 1.165) is 44.9 Å². The van der Waals surface area contributed by atoms with Crippen molar-refractivity contribution in [2.24, 2.45) is 0 Å². The van der Waals surface area contributed by atoms with Crippen LogP contribution in [0.25, 0.3) is 0 Å². The van der Waals surface area contributed by atoms with Crippen LogP contribution < -0.4 is 4.89 Å². The zero-order valence-electron chi connectivity index (χ0n) is 33.1. The Balaban J connectivity index is 4.35. The normalized spacial score (nSPS) is 13.8. The van der Waals surface area contributed by atoms with Crippen molar-refractivity contribution in [2.45, 2.75) is 187 Å². The van der Waals surface area contributed by atoms with Gasteiger partial charge in [0.15, 0.2) is 6.10 Å². The van der Waals surface area contributed by atoms with E-state index >= 15 is 0 Å². The minimum Gasteiger partial charge on any atom is -0.756 e. The van der Waals surface area contributed by atoms with Crippen LogP contribution in [0.5, 0.6) is 0 Å². The Bertz CT molecular complexity index is 876. The summed E-state index contributed by atoms with van der Waals surface area (Å²) in [6.07, 6.45) is 32.4. The molecule has 0 aromatic heterocycles. The Labute approximate surface area is 307 Å². The first kappa shape index (κ1) is 48.8. The molecule has 296 valence electrons. The lowest BCUT2D eigenvalue weighted by Crippen LogP contribution is -2.37. The molecule has 10 heteroatoms. The van der Waals surface area contributed by atoms with Gasteiger partial charge < -0.3 is 27.9 Å². The standard InChI is InChI=1S/C40H78NO8P/c1-6-8-10-12-14-16-17-18-19-20-21-22-23-25-27-29-31-33-40(43)49-38(37-48-50(44,45)47-35-34-41(3,4)5)36-46-39(42)32-30-28-26-24-15-13-11-9-7-2/h18-19,38H,6-17,20-37H2,1-5H3/b19-18-/t38-/m1/s1. The van der Waals surface area contributed by atoms with Gasteiger partial charge in [0.25, 0.3) is 7.82 Å². The van der Waals surface area contributed by atoms with Crippen LogP contribution in [-0.2, 0) is 32.7 Å². The number of ether oxygens (including phenoxy) is 2. The van der Waals surface area contributed by atoms with Gasteiger partial charge in [-0.2, -0.15) is 0 Å². The van der Waals surface area contributed by atoms with Gasteiger partial charge in [0.05, 0.1) is 27.7 Å². The number of allylic oxidation sites excluding steroid dienone is 2. The van der Waals surface area contributed by atoms with Crippen molar-refractivity contribution in [1.29, 1.82) is 0 Å². The van der Waals surface area contributed by atoms with Gasteiger partial charge in [0.2, 0.25) is 0 Å². The lowest BCUT2D eigenvalue weighted by Gasteiger charge is -2.28. The minimum atomic E-state index is -4.61. The molecule has 0 aromatic rings. The largest absolute Gasteiger partial charge is 0.756 e. The van der Waals surface area contributed by atoms with Crippen LogP contribution in [0.4, 0.5) is 0 Å². The summed E-state index contributed by atoms with van der Waals surface area (Å²) in [4.78, 5) is 37.3. The van der Waals surface area contributed by atoms with Crippen LogP contribution in [0.1, 0.15) is 181 Å². The highest BCUT2D eigenvalue weighted by Gasteiger charge is 2.21. The second-order valence-electron chi connectivity index (χ2n) is 15.0. The van der Waals surface area contributed by atoms with Gasteiger partial charge in [-0.3, -0.25) is 14.2 Å². The van der Waals surface area contributed by atoms with E-state index in [2.05, 4.69) is 26.0 Å². The van der Waals surface area contributed by atoms with Crippen LogP contribution in [0.3, 0.4) is 0 Å². The van der Waals surface area contributed by atoms with Crippen molar-refractivity contribution >= 4 is 19.8 Å². The second-order valence-corrected chi connectivity index (χ2v) is 16.4. The first-order valence-corrected chi connectivity index (χ1v) is 21.9. The van der Waals surface area contributed by atoms with Crippen LogP contribution >= 0.6 is 7.82 Å². The van der Waals surface area contributed by atoms with E-state index in [-0.39, 0.29) is 32.0 Å². The highest BCUT2D eigenvalue weighted by Crippen LogP contribution is 2.38. The molecule has 2 atom stereocenters. The number of carbonyl (C=O) groups excluding carboxylic acids is 2. The van der Waals surface area contributed by atoms with Gasteiger partial charge in [0, 0.05) is 12.8 Å². The first-order chi connectivity index (χ1) is 24.0. The molecule has 0 radical (unpaired) electrons. The third kappa shape index (κ3) is 36.5. The number of unbranched alkanes of at least 4 members (excludes halogenated alkanes) is 21. The third-order valence-electron chi connectivity index (χ3n) is 8.79. The molecule has 0 N–H and O–H groups in total. The number of carbonyl (C=O) groups is 2. The average Bonchev–Trinajstić information content (AvgIpc) is 3.06. The monoisotopic (exact) mass is 732 g/mol. The number of hydrogen-bond acceptors (Lipinski definition) is 8. The van der Waals surface area contributed by atoms with Gasteiger partial charge in [-0.05, 0) is 38.5 Å². The number of rotatable bonds is 37. The molecule has 50 heavy (non-hydrogen) atoms. The smallest absolute Gasteiger partial charge is 0.306 e. The van der Waals surface area contributed by atoms with Crippen LogP contribution in [-0.4, -0.2) is 70.0 Å². The molecule has 0 rings (SSSR count). The van der Waals surface area contributed by atoms with Gasteiger partial charge in [-0.15, -0.1) is 0 Å². The molecule has 0 aromatic carbocycles. The van der Waals surface area contributed by atoms with Crippen molar-refractivity contribution in [2.75, 3.05) is 47.5 Å². The van der Waals surface area contributed by atoms with Crippen molar-refractivity contribution in [3.8, 4) is 0 Å². The molecule has 0 spiro atoms. The van der Waals surface area contributed by atoms with E-state index in [1.807, 2.05) is 21.1 Å². The number of nitrogens with zero attached hydrogens (tertiary/aromatic N) is 1. The maximum atomic E-state index is 12.6. The molecular weight excluding hydrogens is 653 g/mol. The molecule has 9 nitrogen and oxygen atoms in total. The quantitative estimate of drug-likeness (QED) is 0.0204. The fourth-order valence-electron chi connectivity index (χ4n) is 5.53. The van der Waals surface area contributed by atoms with Crippen LogP contribution in [0, 0.1) is 0 Å². The maximum Gasteiger partial charge on any atom is 0.306 e. The average molecular weight is 732 g/mol. The van der Waals surface area contributed by atoms with Crippen molar-refractivity contribution in [1.82, 2.24) is 0 Å². The molecule has 0 saturated heterocycles. The Kier molecular flexibility index (Phi) is 32.7. The molecular formula is C40H78NO8P. The summed E-state index contributed by atoms with van der Waals surface area (Å²) in [6.45, 7) is 4.20. The Morgan fingerprint density at radius 2 is 1.02 bits per heavy atom. The zero-order chi connectivity index (χ0) is 37.2. The van der Waals surface area contributed by atoms with Crippen molar-refractivity contribution in [3.05, 3.63) is 12.2 Å². The number of phosphoric ester groups is 1. The predicted molar refractivity (Wildman–Crippen MR) is 204 cm³/mol. The lowest BCUT2D eigenvalue weighted by atomic mass is 10.1. The fraction of sp³-hybridized carbons (Fsp3) is 0.900. The molecule has 0 saturated carbocycles. The number of esters is 2. The van der Waals surface area contributed by atoms with Crippen molar-refractivity contribution in [3.63, 3.8) is 0 Å². The molecule has 0 bridgehead atoms. The fourth-order valence-corrected chi connectivity index (χ4v) is 6.26. The topological polar surface area (TPSA) is 111 Å². The summed E-state index contributed by atoms with van der Waals surface area (Å²) in [7, 11) is 1.17. The van der Waals surface area contributed by atoms with Crippen LogP contribution in [0.2, 0.25) is 0 Å². The van der Waals surface area contributed by atoms with Crippen molar-refractivity contribution < 1.29 is 42.1 Å². The molecule has 0 fully saturated rings. The molecule has 0 aliphatic heterocycles. The SMILES string of the molecule is CCCCCCCC/C=C\CCCCCCCCCC(=O)O[C@H](COC(=O)CCCCCCCCCCC)COP(=O)([O-])OCC[N+](C)(C)C. The molecule has 0 amide bonds. The van der Waals surface area contributed by atoms with E-state index in [4.69, 9.17) is 18.5 Å². The first-order valence-electron chi connectivity index (χ1n) is 20.4. The molecule has 0 heterocycles. The summed E-state index contributed by atoms with van der Waals surface area (Å²) in [5.74, 6) is -0.837. The molecule has 0 aliphatic carbocycles. The number of quaternary nitrogens is 1. The van der Waals surface area contributed by atoms with E-state index in [0.29, 0.717) is 17.4 Å². The number of phosphoric acid groups is 1. The Hall–Kier alpha value is -1.25. The van der Waals surface area contributed by atoms with Gasteiger partial charge >= 0.3 is 11.9 Å². The minimum absolute atomic E-state index is 0.0290. The second kappa shape index (κ2) is 33.6. The summed E-state index contributed by atoms with van der Waals surface area (Å²) in [5, 5.41) is 0. The van der Waals surface area contributed by atoms with Gasteiger partial charge in [-0.25, -0.2) is 0 Å². The highest BCUT2D eigenvalue weighted by molar-refractivity contribution is 7.45. The van der Waals surface area contributed by atoms with E-state index < -0.39 is 26.5 Å². The van der Waals surface area contributed by atoms with E-state index in [9.17, 15) is 19.0 Å². The van der Waals surface area contributed by atoms with Gasteiger partial charge in [0.1, 0.15) is 19.8 Å². The molecule has 0 aliphatic rings. The summed E-state index contributed by atoms with van der Waals surface area (Å²) in [6, 6.07) is 0. The maximum absolute atomic E-state index is 12.6. The lowest BCUT2D eigenvalue weighted by molar-refractivity contribution is -0.870. The van der Waals surface area contributed by atoms with Crippen LogP contribution in [0.15, 0.2) is 12.2 Å². The van der Waals surface area contributed by atoms with E-state index in [1.165, 1.54) is 103 Å². The highest BCUT2D eigenvalue weighted by atomic mass is 31.2. The van der Waals surface area contributed by atoms with E-state index in [1.54, 1.807) is 0 Å².